The number of para-hydroxylation sites is 1. The highest BCUT2D eigenvalue weighted by Crippen LogP contribution is 2.25. The Morgan fingerprint density at radius 2 is 1.71 bits per heavy atom. The summed E-state index contributed by atoms with van der Waals surface area (Å²) < 4.78 is 30.3. The third-order valence-electron chi connectivity index (χ3n) is 3.89. The number of benzene rings is 2. The third-order valence-corrected chi connectivity index (χ3v) is 6.24. The maximum Gasteiger partial charge on any atom is 0.260 e. The van der Waals surface area contributed by atoms with Gasteiger partial charge in [0.15, 0.2) is 16.4 Å². The van der Waals surface area contributed by atoms with E-state index >= 15 is 0 Å². The van der Waals surface area contributed by atoms with E-state index in [2.05, 4.69) is 0 Å². The fraction of sp³-hybridized carbons (Fsp3) is 0.235. The molecule has 1 heterocycles. The van der Waals surface area contributed by atoms with Gasteiger partial charge in [0.1, 0.15) is 11.0 Å². The molecule has 1 saturated heterocycles. The number of nitrogens with zero attached hydrogens (tertiary/aromatic N) is 1. The molecule has 5 nitrogen and oxygen atoms in total. The predicted molar refractivity (Wildman–Crippen MR) is 90.9 cm³/mol. The van der Waals surface area contributed by atoms with E-state index in [4.69, 9.17) is 16.3 Å². The highest BCUT2D eigenvalue weighted by Gasteiger charge is 2.40. The van der Waals surface area contributed by atoms with E-state index in [1.165, 1.54) is 17.0 Å². The van der Waals surface area contributed by atoms with Gasteiger partial charge in [-0.2, -0.15) is 0 Å². The average molecular weight is 366 g/mol. The molecule has 0 aliphatic carbocycles. The molecule has 0 N–H and O–H groups in total. The second-order valence-electron chi connectivity index (χ2n) is 5.52. The molecule has 0 saturated carbocycles. The monoisotopic (exact) mass is 365 g/mol. The van der Waals surface area contributed by atoms with Crippen molar-refractivity contribution in [1.29, 1.82) is 0 Å². The summed E-state index contributed by atoms with van der Waals surface area (Å²) in [6.07, 6.45) is 0. The summed E-state index contributed by atoms with van der Waals surface area (Å²) in [6.45, 7) is 0.265. The van der Waals surface area contributed by atoms with Gasteiger partial charge in [-0.25, -0.2) is 8.42 Å². The normalized spacial score (nSPS) is 15.0. The molecule has 24 heavy (non-hydrogen) atoms. The van der Waals surface area contributed by atoms with Crippen LogP contribution in [0.25, 0.3) is 0 Å². The van der Waals surface area contributed by atoms with Crippen LogP contribution in [0.2, 0.25) is 5.02 Å². The van der Waals surface area contributed by atoms with Crippen LogP contribution in [0, 0.1) is 0 Å². The molecule has 3 rings (SSSR count). The Kier molecular flexibility index (Phi) is 4.78. The number of amides is 1. The first-order valence-corrected chi connectivity index (χ1v) is 9.34. The Morgan fingerprint density at radius 3 is 2.33 bits per heavy atom. The number of halogens is 1. The van der Waals surface area contributed by atoms with E-state index < -0.39 is 15.1 Å². The Labute approximate surface area is 145 Å². The van der Waals surface area contributed by atoms with E-state index in [1.807, 2.05) is 18.2 Å². The van der Waals surface area contributed by atoms with Crippen LogP contribution in [0.1, 0.15) is 0 Å². The molecule has 0 spiro atoms. The number of carbonyl (C=O) groups is 1. The van der Waals surface area contributed by atoms with Crippen molar-refractivity contribution >= 4 is 27.3 Å². The fourth-order valence-electron chi connectivity index (χ4n) is 2.41. The topological polar surface area (TPSA) is 63.7 Å². The zero-order valence-electron chi connectivity index (χ0n) is 12.8. The molecule has 0 aromatic heterocycles. The lowest BCUT2D eigenvalue weighted by Crippen LogP contribution is -2.57. The molecule has 0 atom stereocenters. The predicted octanol–water partition coefficient (Wildman–Crippen LogP) is 2.40. The number of hydrogen-bond acceptors (Lipinski definition) is 4. The number of hydrogen-bond donors (Lipinski definition) is 0. The van der Waals surface area contributed by atoms with Gasteiger partial charge in [-0.1, -0.05) is 29.8 Å². The molecule has 2 aromatic rings. The van der Waals surface area contributed by atoms with Crippen molar-refractivity contribution in [1.82, 2.24) is 4.90 Å². The van der Waals surface area contributed by atoms with Gasteiger partial charge in [0.05, 0.1) is 4.90 Å². The first kappa shape index (κ1) is 16.8. The molecule has 7 heteroatoms. The molecular formula is C17H16ClNO4S. The largest absolute Gasteiger partial charge is 0.484 e. The summed E-state index contributed by atoms with van der Waals surface area (Å²) in [5, 5.41) is -0.100. The number of likely N-dealkylation sites (tertiary alicyclic amines) is 1. The zero-order valence-corrected chi connectivity index (χ0v) is 14.3. The van der Waals surface area contributed by atoms with Crippen molar-refractivity contribution in [3.8, 4) is 5.75 Å². The maximum absolute atomic E-state index is 12.5. The maximum atomic E-state index is 12.5. The van der Waals surface area contributed by atoms with Crippen molar-refractivity contribution in [2.75, 3.05) is 19.7 Å². The quantitative estimate of drug-likeness (QED) is 0.816. The summed E-state index contributed by atoms with van der Waals surface area (Å²) in [5.41, 5.74) is 0. The van der Waals surface area contributed by atoms with Crippen LogP contribution in [0.5, 0.6) is 5.75 Å². The molecule has 1 aliphatic rings. The lowest BCUT2D eigenvalue weighted by molar-refractivity contribution is -0.136. The van der Waals surface area contributed by atoms with Crippen molar-refractivity contribution in [2.45, 2.75) is 10.1 Å². The first-order valence-electron chi connectivity index (χ1n) is 7.42. The highest BCUT2D eigenvalue weighted by molar-refractivity contribution is 7.92. The minimum Gasteiger partial charge on any atom is -0.484 e. The van der Waals surface area contributed by atoms with Crippen molar-refractivity contribution < 1.29 is 17.9 Å². The first-order chi connectivity index (χ1) is 11.5. The smallest absolute Gasteiger partial charge is 0.260 e. The molecule has 0 unspecified atom stereocenters. The van der Waals surface area contributed by atoms with Crippen LogP contribution in [-0.4, -0.2) is 44.2 Å². The molecule has 2 aromatic carbocycles. The van der Waals surface area contributed by atoms with E-state index in [9.17, 15) is 13.2 Å². The molecule has 0 radical (unpaired) electrons. The summed E-state index contributed by atoms with van der Waals surface area (Å²) in [5.74, 6) is 0.387. The van der Waals surface area contributed by atoms with Crippen molar-refractivity contribution in [3.05, 3.63) is 59.6 Å². The van der Waals surface area contributed by atoms with Crippen LogP contribution >= 0.6 is 11.6 Å². The van der Waals surface area contributed by atoms with E-state index in [1.54, 1.807) is 24.3 Å². The lowest BCUT2D eigenvalue weighted by atomic mass is 10.2. The SMILES string of the molecule is O=C(COc1ccccc1)N1CC(S(=O)(=O)c2ccc(Cl)cc2)C1. The van der Waals surface area contributed by atoms with E-state index in [0.29, 0.717) is 10.8 Å². The van der Waals surface area contributed by atoms with Gasteiger partial charge >= 0.3 is 0 Å². The van der Waals surface area contributed by atoms with Gasteiger partial charge in [0.2, 0.25) is 0 Å². The molecule has 1 fully saturated rings. The molecule has 126 valence electrons. The van der Waals surface area contributed by atoms with Crippen LogP contribution in [0.4, 0.5) is 0 Å². The van der Waals surface area contributed by atoms with Gasteiger partial charge in [0.25, 0.3) is 5.91 Å². The van der Waals surface area contributed by atoms with Gasteiger partial charge in [-0.3, -0.25) is 4.79 Å². The molecule has 1 aliphatic heterocycles. The summed E-state index contributed by atoms with van der Waals surface area (Å²) >= 11 is 5.78. The third kappa shape index (κ3) is 3.55. The van der Waals surface area contributed by atoms with Crippen LogP contribution in [-0.2, 0) is 14.6 Å². The Morgan fingerprint density at radius 1 is 1.08 bits per heavy atom. The van der Waals surface area contributed by atoms with E-state index in [0.717, 1.165) is 0 Å². The van der Waals surface area contributed by atoms with Crippen LogP contribution in [0.15, 0.2) is 59.5 Å². The summed E-state index contributed by atoms with van der Waals surface area (Å²) in [4.78, 5) is 13.8. The molecular weight excluding hydrogens is 350 g/mol. The Balaban J connectivity index is 1.54. The second-order valence-corrected chi connectivity index (χ2v) is 8.19. The Bertz CT molecular complexity index is 815. The number of carbonyl (C=O) groups excluding carboxylic acids is 1. The number of sulfone groups is 1. The summed E-state index contributed by atoms with van der Waals surface area (Å²) in [6, 6.07) is 15.1. The van der Waals surface area contributed by atoms with E-state index in [-0.39, 0.29) is 30.5 Å². The zero-order chi connectivity index (χ0) is 17.2. The minimum absolute atomic E-state index is 0.0995. The van der Waals surface area contributed by atoms with Crippen LogP contribution in [0.3, 0.4) is 0 Å². The highest BCUT2D eigenvalue weighted by atomic mass is 35.5. The van der Waals surface area contributed by atoms with Crippen molar-refractivity contribution in [3.63, 3.8) is 0 Å². The standard InChI is InChI=1S/C17H16ClNO4S/c18-13-6-8-15(9-7-13)24(21,22)16-10-19(11-16)17(20)12-23-14-4-2-1-3-5-14/h1-9,16H,10-12H2. The van der Waals surface area contributed by atoms with Gasteiger partial charge < -0.3 is 9.64 Å². The number of rotatable bonds is 5. The lowest BCUT2D eigenvalue weighted by Gasteiger charge is -2.38. The van der Waals surface area contributed by atoms with Gasteiger partial charge in [0, 0.05) is 18.1 Å². The Hall–Kier alpha value is -2.05. The fourth-order valence-corrected chi connectivity index (χ4v) is 4.19. The van der Waals surface area contributed by atoms with Gasteiger partial charge in [-0.05, 0) is 36.4 Å². The molecule has 0 bridgehead atoms. The molecule has 1 amide bonds. The average Bonchev–Trinajstić information content (AvgIpc) is 2.52. The van der Waals surface area contributed by atoms with Gasteiger partial charge in [-0.15, -0.1) is 0 Å². The van der Waals surface area contributed by atoms with Crippen LogP contribution < -0.4 is 4.74 Å². The van der Waals surface area contributed by atoms with Crippen molar-refractivity contribution in [2.24, 2.45) is 0 Å². The minimum atomic E-state index is -3.45. The summed E-state index contributed by atoms with van der Waals surface area (Å²) in [7, 11) is -3.45. The number of ether oxygens (including phenoxy) is 1. The second kappa shape index (κ2) is 6.83.